The molecule has 0 atom stereocenters. The lowest BCUT2D eigenvalue weighted by atomic mass is 10.3. The summed E-state index contributed by atoms with van der Waals surface area (Å²) in [4.78, 5) is 16.4. The Morgan fingerprint density at radius 3 is 2.67 bits per heavy atom. The van der Waals surface area contributed by atoms with E-state index in [-0.39, 0.29) is 17.2 Å². The molecule has 1 aromatic heterocycles. The van der Waals surface area contributed by atoms with Crippen molar-refractivity contribution in [2.45, 2.75) is 6.42 Å². The summed E-state index contributed by atoms with van der Waals surface area (Å²) >= 11 is 0. The summed E-state index contributed by atoms with van der Waals surface area (Å²) in [5, 5.41) is 8.74. The molecular formula is C11H14N2O4S. The Hall–Kier alpha value is -1.63. The van der Waals surface area contributed by atoms with Crippen LogP contribution in [0.4, 0.5) is 5.69 Å². The van der Waals surface area contributed by atoms with Crippen LogP contribution in [0.1, 0.15) is 16.9 Å². The number of nitrogens with zero attached hydrogens (tertiary/aromatic N) is 2. The van der Waals surface area contributed by atoms with Crippen molar-refractivity contribution in [1.29, 1.82) is 0 Å². The molecule has 2 rings (SSSR count). The minimum atomic E-state index is -2.94. The van der Waals surface area contributed by atoms with Crippen molar-refractivity contribution in [3.05, 3.63) is 24.0 Å². The zero-order valence-corrected chi connectivity index (χ0v) is 10.6. The predicted molar refractivity (Wildman–Crippen MR) is 66.7 cm³/mol. The summed E-state index contributed by atoms with van der Waals surface area (Å²) in [6, 6.07) is 3.09. The maximum absolute atomic E-state index is 11.5. The van der Waals surface area contributed by atoms with Crippen LogP contribution in [0, 0.1) is 0 Å². The fraction of sp³-hybridized carbons (Fsp3) is 0.455. The Bertz CT molecular complexity index is 539. The van der Waals surface area contributed by atoms with E-state index in [1.54, 1.807) is 6.07 Å². The van der Waals surface area contributed by atoms with Crippen LogP contribution in [-0.2, 0) is 9.84 Å². The molecule has 0 unspecified atom stereocenters. The Balaban J connectivity index is 2.14. The van der Waals surface area contributed by atoms with Gasteiger partial charge in [0.1, 0.15) is 5.69 Å². The number of hydrogen-bond acceptors (Lipinski definition) is 5. The molecule has 0 amide bonds. The molecular weight excluding hydrogens is 256 g/mol. The lowest BCUT2D eigenvalue weighted by Crippen LogP contribution is -2.26. The first-order chi connectivity index (χ1) is 8.48. The topological polar surface area (TPSA) is 87.6 Å². The lowest BCUT2D eigenvalue weighted by Gasteiger charge is -2.21. The van der Waals surface area contributed by atoms with E-state index in [1.807, 2.05) is 4.90 Å². The van der Waals surface area contributed by atoms with E-state index in [0.29, 0.717) is 19.5 Å². The van der Waals surface area contributed by atoms with E-state index in [4.69, 9.17) is 5.11 Å². The molecule has 1 N–H and O–H groups in total. The molecule has 1 fully saturated rings. The molecule has 0 aliphatic carbocycles. The minimum absolute atomic E-state index is 0.0128. The van der Waals surface area contributed by atoms with Gasteiger partial charge in [-0.05, 0) is 18.6 Å². The number of aromatic nitrogens is 1. The highest BCUT2D eigenvalue weighted by atomic mass is 32.2. The molecule has 1 aliphatic rings. The van der Waals surface area contributed by atoms with Crippen LogP contribution >= 0.6 is 0 Å². The van der Waals surface area contributed by atoms with Crippen LogP contribution in [0.15, 0.2) is 18.3 Å². The van der Waals surface area contributed by atoms with Gasteiger partial charge in [0.2, 0.25) is 0 Å². The minimum Gasteiger partial charge on any atom is -0.477 e. The van der Waals surface area contributed by atoms with Crippen molar-refractivity contribution in [2.75, 3.05) is 29.5 Å². The second kappa shape index (κ2) is 4.93. The van der Waals surface area contributed by atoms with E-state index >= 15 is 0 Å². The van der Waals surface area contributed by atoms with Crippen molar-refractivity contribution in [1.82, 2.24) is 4.98 Å². The summed E-state index contributed by atoms with van der Waals surface area (Å²) in [6.45, 7) is 1.07. The van der Waals surface area contributed by atoms with Crippen LogP contribution in [0.3, 0.4) is 0 Å². The van der Waals surface area contributed by atoms with E-state index in [1.165, 1.54) is 12.3 Å². The average molecular weight is 270 g/mol. The Kier molecular flexibility index (Phi) is 3.51. The quantitative estimate of drug-likeness (QED) is 0.837. The first-order valence-electron chi connectivity index (χ1n) is 5.63. The van der Waals surface area contributed by atoms with Gasteiger partial charge in [-0.15, -0.1) is 0 Å². The summed E-state index contributed by atoms with van der Waals surface area (Å²) in [6.07, 6.45) is 2.06. The maximum Gasteiger partial charge on any atom is 0.354 e. The number of pyridine rings is 1. The molecule has 0 saturated carbocycles. The smallest absolute Gasteiger partial charge is 0.354 e. The van der Waals surface area contributed by atoms with Gasteiger partial charge in [0.15, 0.2) is 9.84 Å². The highest BCUT2D eigenvalue weighted by Crippen LogP contribution is 2.16. The SMILES string of the molecule is O=C(O)c1ccc(N2CCCS(=O)(=O)CC2)cn1. The maximum atomic E-state index is 11.5. The zero-order chi connectivity index (χ0) is 13.2. The van der Waals surface area contributed by atoms with Crippen molar-refractivity contribution in [3.63, 3.8) is 0 Å². The molecule has 7 heteroatoms. The highest BCUT2D eigenvalue weighted by Gasteiger charge is 2.19. The van der Waals surface area contributed by atoms with E-state index in [2.05, 4.69) is 4.98 Å². The summed E-state index contributed by atoms with van der Waals surface area (Å²) in [5.41, 5.74) is 0.748. The Labute approximate surface area is 105 Å². The van der Waals surface area contributed by atoms with Gasteiger partial charge in [-0.2, -0.15) is 0 Å². The van der Waals surface area contributed by atoms with Gasteiger partial charge < -0.3 is 10.0 Å². The standard InChI is InChI=1S/C11H14N2O4S/c14-11(15)10-3-2-9(8-12-10)13-4-1-6-18(16,17)7-5-13/h2-3,8H,1,4-7H2,(H,14,15). The molecule has 98 valence electrons. The number of rotatable bonds is 2. The number of aromatic carboxylic acids is 1. The van der Waals surface area contributed by atoms with Crippen LogP contribution in [0.5, 0.6) is 0 Å². The van der Waals surface area contributed by atoms with Crippen LogP contribution in [0.2, 0.25) is 0 Å². The second-order valence-corrected chi connectivity index (χ2v) is 6.50. The third-order valence-electron chi connectivity index (χ3n) is 2.89. The zero-order valence-electron chi connectivity index (χ0n) is 9.74. The summed E-state index contributed by atoms with van der Waals surface area (Å²) in [5.74, 6) is -0.724. The van der Waals surface area contributed by atoms with Crippen molar-refractivity contribution in [2.24, 2.45) is 0 Å². The van der Waals surface area contributed by atoms with Gasteiger partial charge in [-0.25, -0.2) is 18.2 Å². The first kappa shape index (κ1) is 12.8. The summed E-state index contributed by atoms with van der Waals surface area (Å²) in [7, 11) is -2.94. The highest BCUT2D eigenvalue weighted by molar-refractivity contribution is 7.91. The third-order valence-corrected chi connectivity index (χ3v) is 4.60. The van der Waals surface area contributed by atoms with Gasteiger partial charge in [-0.3, -0.25) is 0 Å². The number of hydrogen-bond donors (Lipinski definition) is 1. The van der Waals surface area contributed by atoms with Crippen molar-refractivity contribution < 1.29 is 18.3 Å². The van der Waals surface area contributed by atoms with Crippen LogP contribution in [-0.4, -0.2) is 49.1 Å². The monoisotopic (exact) mass is 270 g/mol. The normalized spacial score (nSPS) is 19.2. The Morgan fingerprint density at radius 2 is 2.06 bits per heavy atom. The van der Waals surface area contributed by atoms with Crippen molar-refractivity contribution in [3.8, 4) is 0 Å². The van der Waals surface area contributed by atoms with E-state index < -0.39 is 15.8 Å². The second-order valence-electron chi connectivity index (χ2n) is 4.20. The van der Waals surface area contributed by atoms with E-state index in [0.717, 1.165) is 5.69 Å². The van der Waals surface area contributed by atoms with E-state index in [9.17, 15) is 13.2 Å². The molecule has 1 aliphatic heterocycles. The molecule has 2 heterocycles. The predicted octanol–water partition coefficient (Wildman–Crippen LogP) is 0.405. The van der Waals surface area contributed by atoms with Crippen LogP contribution in [0.25, 0.3) is 0 Å². The molecule has 0 bridgehead atoms. The number of carboxylic acid groups (broad SMARTS) is 1. The van der Waals surface area contributed by atoms with Gasteiger partial charge >= 0.3 is 5.97 Å². The van der Waals surface area contributed by atoms with Gasteiger partial charge in [0.25, 0.3) is 0 Å². The van der Waals surface area contributed by atoms with Crippen molar-refractivity contribution >= 4 is 21.5 Å². The molecule has 1 saturated heterocycles. The number of sulfone groups is 1. The van der Waals surface area contributed by atoms with Gasteiger partial charge in [0, 0.05) is 13.1 Å². The average Bonchev–Trinajstić information content (AvgIpc) is 2.50. The van der Waals surface area contributed by atoms with Gasteiger partial charge in [0.05, 0.1) is 23.4 Å². The van der Waals surface area contributed by atoms with Gasteiger partial charge in [-0.1, -0.05) is 0 Å². The number of carbonyl (C=O) groups is 1. The third kappa shape index (κ3) is 2.98. The lowest BCUT2D eigenvalue weighted by molar-refractivity contribution is 0.0690. The largest absolute Gasteiger partial charge is 0.477 e. The molecule has 6 nitrogen and oxygen atoms in total. The molecule has 0 radical (unpaired) electrons. The fourth-order valence-corrected chi connectivity index (χ4v) is 3.17. The Morgan fingerprint density at radius 1 is 1.28 bits per heavy atom. The fourth-order valence-electron chi connectivity index (χ4n) is 1.90. The molecule has 1 aromatic rings. The summed E-state index contributed by atoms with van der Waals surface area (Å²) < 4.78 is 22.9. The molecule has 18 heavy (non-hydrogen) atoms. The molecule has 0 spiro atoms. The van der Waals surface area contributed by atoms with Crippen LogP contribution < -0.4 is 4.90 Å². The number of anilines is 1. The number of carboxylic acids is 1. The molecule has 0 aromatic carbocycles. The first-order valence-corrected chi connectivity index (χ1v) is 7.45.